The Bertz CT molecular complexity index is 1210. The highest BCUT2D eigenvalue weighted by atomic mass is 35.5. The van der Waals surface area contributed by atoms with E-state index in [-0.39, 0.29) is 17.6 Å². The summed E-state index contributed by atoms with van der Waals surface area (Å²) in [6.45, 7) is 6.85. The Morgan fingerprint density at radius 2 is 1.91 bits per heavy atom. The molecule has 4 rings (SSSR count). The van der Waals surface area contributed by atoms with Crippen molar-refractivity contribution in [1.29, 1.82) is 0 Å². The summed E-state index contributed by atoms with van der Waals surface area (Å²) >= 11 is 6.14. The van der Waals surface area contributed by atoms with E-state index in [2.05, 4.69) is 23.7 Å². The van der Waals surface area contributed by atoms with Gasteiger partial charge < -0.3 is 10.0 Å². The van der Waals surface area contributed by atoms with Gasteiger partial charge in [-0.3, -0.25) is 9.62 Å². The lowest BCUT2D eigenvalue weighted by molar-refractivity contribution is 0.0269. The Kier molecular flexibility index (Phi) is 6.52. The highest BCUT2D eigenvalue weighted by Crippen LogP contribution is 2.39. The van der Waals surface area contributed by atoms with Gasteiger partial charge in [0.1, 0.15) is 16.7 Å². The number of sulfonamides is 1. The van der Waals surface area contributed by atoms with Crippen LogP contribution in [-0.4, -0.2) is 61.7 Å². The molecule has 2 aliphatic heterocycles. The van der Waals surface area contributed by atoms with E-state index >= 15 is 4.39 Å². The van der Waals surface area contributed by atoms with Crippen LogP contribution in [0, 0.1) is 23.0 Å². The van der Waals surface area contributed by atoms with E-state index in [1.165, 1.54) is 6.07 Å². The number of nitrogens with one attached hydrogen (secondary N) is 1. The normalized spacial score (nSPS) is 23.0. The molecular formula is C22H26ClF3N4O3S. The minimum atomic E-state index is -4.79. The average Bonchev–Trinajstić information content (AvgIpc) is 3.25. The zero-order chi connectivity index (χ0) is 24.9. The van der Waals surface area contributed by atoms with Crippen LogP contribution in [0.25, 0.3) is 0 Å². The number of aromatic nitrogens is 1. The largest absolute Gasteiger partial charge is 0.387 e. The molecule has 1 aromatic carbocycles. The second kappa shape index (κ2) is 8.85. The molecule has 3 heterocycles. The summed E-state index contributed by atoms with van der Waals surface area (Å²) in [5, 5.41) is 10.5. The fourth-order valence-corrected chi connectivity index (χ4v) is 6.13. The number of hydrogen-bond acceptors (Lipinski definition) is 6. The number of nitrogens with zero attached hydrogens (tertiary/aromatic N) is 3. The van der Waals surface area contributed by atoms with E-state index in [0.29, 0.717) is 19.5 Å². The third kappa shape index (κ3) is 5.12. The molecule has 0 radical (unpaired) electrons. The molecule has 1 atom stereocenters. The van der Waals surface area contributed by atoms with Gasteiger partial charge >= 0.3 is 0 Å². The van der Waals surface area contributed by atoms with Gasteiger partial charge in [0.2, 0.25) is 5.95 Å². The molecule has 7 nitrogen and oxygen atoms in total. The Balaban J connectivity index is 1.56. The van der Waals surface area contributed by atoms with Crippen LogP contribution in [0.1, 0.15) is 26.7 Å². The lowest BCUT2D eigenvalue weighted by atomic mass is 9.93. The van der Waals surface area contributed by atoms with Gasteiger partial charge in [-0.25, -0.2) is 22.2 Å². The van der Waals surface area contributed by atoms with Crippen molar-refractivity contribution in [3.63, 3.8) is 0 Å². The minimum Gasteiger partial charge on any atom is -0.387 e. The standard InChI is InChI=1S/C22H26ClF3N4O3S/c1-21(2)6-8-29(11-21)12-22(31)7-9-30(13-22)15-10-14(24)20(19(26)18(15)23)34(32,33)28-17-5-3-4-16(25)27-17/h3-5,10,31H,6-9,11-13H2,1-2H3,(H,27,28)/t22-/m1/s1. The van der Waals surface area contributed by atoms with E-state index in [9.17, 15) is 22.3 Å². The van der Waals surface area contributed by atoms with Gasteiger partial charge in [-0.1, -0.05) is 31.5 Å². The van der Waals surface area contributed by atoms with Crippen LogP contribution < -0.4 is 9.62 Å². The topological polar surface area (TPSA) is 85.8 Å². The number of halogens is 4. The molecule has 12 heteroatoms. The molecule has 2 aromatic rings. The van der Waals surface area contributed by atoms with E-state index < -0.39 is 48.9 Å². The predicted molar refractivity (Wildman–Crippen MR) is 123 cm³/mol. The Hall–Kier alpha value is -2.08. The first kappa shape index (κ1) is 25.0. The van der Waals surface area contributed by atoms with Gasteiger partial charge in [0, 0.05) is 32.2 Å². The SMILES string of the molecule is CC1(C)CCN(C[C@]2(O)CCN(c3cc(F)c(S(=O)(=O)Nc4cccc(F)n4)c(F)c3Cl)C2)C1. The first-order valence-electron chi connectivity index (χ1n) is 10.8. The number of rotatable bonds is 6. The van der Waals surface area contributed by atoms with Crippen LogP contribution in [0.15, 0.2) is 29.2 Å². The number of pyridine rings is 1. The van der Waals surface area contributed by atoms with Gasteiger partial charge in [-0.15, -0.1) is 0 Å². The van der Waals surface area contributed by atoms with Crippen LogP contribution in [0.5, 0.6) is 0 Å². The van der Waals surface area contributed by atoms with Crippen molar-refractivity contribution in [2.75, 3.05) is 42.3 Å². The molecule has 0 unspecified atom stereocenters. The maximum absolute atomic E-state index is 15.1. The number of anilines is 2. The zero-order valence-electron chi connectivity index (χ0n) is 18.8. The van der Waals surface area contributed by atoms with E-state index in [0.717, 1.165) is 37.7 Å². The molecule has 2 N–H and O–H groups in total. The maximum Gasteiger partial charge on any atom is 0.268 e. The Labute approximate surface area is 201 Å². The predicted octanol–water partition coefficient (Wildman–Crippen LogP) is 3.63. The molecule has 0 amide bonds. The third-order valence-corrected chi connectivity index (χ3v) is 8.02. The highest BCUT2D eigenvalue weighted by Gasteiger charge is 2.42. The lowest BCUT2D eigenvalue weighted by Crippen LogP contribution is -2.44. The molecule has 0 bridgehead atoms. The lowest BCUT2D eigenvalue weighted by Gasteiger charge is -2.30. The van der Waals surface area contributed by atoms with Crippen LogP contribution >= 0.6 is 11.6 Å². The first-order chi connectivity index (χ1) is 15.8. The van der Waals surface area contributed by atoms with Crippen LogP contribution in [0.4, 0.5) is 24.7 Å². The molecule has 2 aliphatic rings. The van der Waals surface area contributed by atoms with Crippen molar-refractivity contribution in [2.24, 2.45) is 5.41 Å². The molecule has 186 valence electrons. The summed E-state index contributed by atoms with van der Waals surface area (Å²) < 4.78 is 70.4. The fourth-order valence-electron chi connectivity index (χ4n) is 4.66. The molecule has 0 spiro atoms. The van der Waals surface area contributed by atoms with Crippen LogP contribution in [0.2, 0.25) is 5.02 Å². The number of β-amino-alcohol motifs (C(OH)–C–C–N with tert-alkyl or cyclic N) is 1. The van der Waals surface area contributed by atoms with Crippen molar-refractivity contribution >= 4 is 33.1 Å². The maximum atomic E-state index is 15.1. The monoisotopic (exact) mass is 518 g/mol. The molecular weight excluding hydrogens is 493 g/mol. The summed E-state index contributed by atoms with van der Waals surface area (Å²) in [6.07, 6.45) is 1.39. The number of likely N-dealkylation sites (tertiary alicyclic amines) is 1. The van der Waals surface area contributed by atoms with Gasteiger partial charge in [-0.2, -0.15) is 4.39 Å². The quantitative estimate of drug-likeness (QED) is 0.449. The fraction of sp³-hybridized carbons (Fsp3) is 0.500. The van der Waals surface area contributed by atoms with Crippen molar-refractivity contribution in [3.8, 4) is 0 Å². The molecule has 2 saturated heterocycles. The smallest absolute Gasteiger partial charge is 0.268 e. The zero-order valence-corrected chi connectivity index (χ0v) is 20.4. The second-order valence-electron chi connectivity index (χ2n) is 9.81. The van der Waals surface area contributed by atoms with Crippen molar-refractivity contribution in [1.82, 2.24) is 9.88 Å². The molecule has 2 fully saturated rings. The van der Waals surface area contributed by atoms with Gasteiger partial charge in [0.15, 0.2) is 10.7 Å². The summed E-state index contributed by atoms with van der Waals surface area (Å²) in [4.78, 5) is 5.77. The molecule has 1 aromatic heterocycles. The van der Waals surface area contributed by atoms with E-state index in [1.807, 2.05) is 4.72 Å². The van der Waals surface area contributed by atoms with Gasteiger partial charge in [0.25, 0.3) is 10.0 Å². The van der Waals surface area contributed by atoms with E-state index in [1.54, 1.807) is 4.90 Å². The average molecular weight is 519 g/mol. The number of benzene rings is 1. The molecule has 0 saturated carbocycles. The molecule has 34 heavy (non-hydrogen) atoms. The highest BCUT2D eigenvalue weighted by molar-refractivity contribution is 7.92. The minimum absolute atomic E-state index is 0.0443. The summed E-state index contributed by atoms with van der Waals surface area (Å²) in [5.41, 5.74) is -0.968. The number of hydrogen-bond donors (Lipinski definition) is 2. The second-order valence-corrected chi connectivity index (χ2v) is 11.8. The summed E-state index contributed by atoms with van der Waals surface area (Å²) in [7, 11) is -4.79. The first-order valence-corrected chi connectivity index (χ1v) is 12.7. The van der Waals surface area contributed by atoms with E-state index in [4.69, 9.17) is 11.6 Å². The van der Waals surface area contributed by atoms with Crippen LogP contribution in [-0.2, 0) is 10.0 Å². The molecule has 0 aliphatic carbocycles. The third-order valence-electron chi connectivity index (χ3n) is 6.27. The number of aliphatic hydroxyl groups is 1. The van der Waals surface area contributed by atoms with Crippen molar-refractivity contribution in [3.05, 3.63) is 46.9 Å². The van der Waals surface area contributed by atoms with Crippen LogP contribution in [0.3, 0.4) is 0 Å². The summed E-state index contributed by atoms with van der Waals surface area (Å²) in [6, 6.07) is 4.16. The van der Waals surface area contributed by atoms with Crippen molar-refractivity contribution in [2.45, 2.75) is 37.2 Å². The van der Waals surface area contributed by atoms with Crippen molar-refractivity contribution < 1.29 is 26.7 Å². The van der Waals surface area contributed by atoms with Gasteiger partial charge in [-0.05, 0) is 36.9 Å². The van der Waals surface area contributed by atoms with Gasteiger partial charge in [0.05, 0.1) is 11.3 Å². The Morgan fingerprint density at radius 1 is 1.18 bits per heavy atom. The Morgan fingerprint density at radius 3 is 2.56 bits per heavy atom. The summed E-state index contributed by atoms with van der Waals surface area (Å²) in [5.74, 6) is -4.24.